The summed E-state index contributed by atoms with van der Waals surface area (Å²) in [5.74, 6) is -0.654. The topological polar surface area (TPSA) is 117 Å². The summed E-state index contributed by atoms with van der Waals surface area (Å²) >= 11 is 2.93. The van der Waals surface area contributed by atoms with Crippen LogP contribution in [0, 0.1) is 17.0 Å². The van der Waals surface area contributed by atoms with Crippen molar-refractivity contribution in [1.82, 2.24) is 14.8 Å². The minimum atomic E-state index is -3.98. The van der Waals surface area contributed by atoms with Crippen molar-refractivity contribution in [3.8, 4) is 0 Å². The van der Waals surface area contributed by atoms with E-state index in [1.165, 1.54) is 12.1 Å². The van der Waals surface area contributed by atoms with Gasteiger partial charge in [0.1, 0.15) is 0 Å². The second-order valence-electron chi connectivity index (χ2n) is 3.95. The maximum atomic E-state index is 11.9. The third kappa shape index (κ3) is 3.62. The van der Waals surface area contributed by atoms with Gasteiger partial charge in [-0.3, -0.25) is 0 Å². The smallest absolute Gasteiger partial charge is 0.390 e. The highest BCUT2D eigenvalue weighted by atomic mass is 79.9. The Morgan fingerprint density at radius 3 is 2.52 bits per heavy atom. The van der Waals surface area contributed by atoms with Crippen molar-refractivity contribution < 1.29 is 17.5 Å². The molecule has 0 radical (unpaired) electrons. The van der Waals surface area contributed by atoms with Crippen LogP contribution >= 0.6 is 15.9 Å². The van der Waals surface area contributed by atoms with E-state index in [-0.39, 0.29) is 9.63 Å². The van der Waals surface area contributed by atoms with E-state index < -0.39 is 27.7 Å². The normalized spacial score (nSPS) is 11.5. The summed E-state index contributed by atoms with van der Waals surface area (Å²) in [5.41, 5.74) is 0.906. The van der Waals surface area contributed by atoms with E-state index in [9.17, 15) is 18.5 Å². The Labute approximate surface area is 128 Å². The largest absolute Gasteiger partial charge is 0.492 e. The molecule has 0 atom stereocenters. The van der Waals surface area contributed by atoms with Gasteiger partial charge in [-0.05, 0) is 29.0 Å². The Morgan fingerprint density at radius 2 is 2.00 bits per heavy atom. The summed E-state index contributed by atoms with van der Waals surface area (Å²) < 4.78 is 29.6. The lowest BCUT2D eigenvalue weighted by atomic mass is 10.2. The number of aryl methyl sites for hydroxylation is 1. The lowest BCUT2D eigenvalue weighted by Gasteiger charge is -2.04. The van der Waals surface area contributed by atoms with Gasteiger partial charge in [0.15, 0.2) is 6.73 Å². The number of halogens is 1. The first-order valence-electron chi connectivity index (χ1n) is 5.50. The maximum Gasteiger partial charge on any atom is 0.492 e. The Balaban J connectivity index is 2.15. The quantitative estimate of drug-likeness (QED) is 0.441. The van der Waals surface area contributed by atoms with E-state index in [1.54, 1.807) is 12.1 Å². The van der Waals surface area contributed by atoms with Gasteiger partial charge in [0, 0.05) is 21.0 Å². The van der Waals surface area contributed by atoms with E-state index in [0.717, 1.165) is 10.2 Å². The number of nitro groups is 1. The highest BCUT2D eigenvalue weighted by Gasteiger charge is 2.22. The highest BCUT2D eigenvalue weighted by molar-refractivity contribution is 9.10. The molecule has 0 aliphatic rings. The highest BCUT2D eigenvalue weighted by Crippen LogP contribution is 2.16. The van der Waals surface area contributed by atoms with Gasteiger partial charge in [-0.25, -0.2) is 4.18 Å². The second kappa shape index (κ2) is 5.87. The maximum absolute atomic E-state index is 11.9. The molecular weight excluding hydrogens is 368 g/mol. The molecule has 0 fully saturated rings. The van der Waals surface area contributed by atoms with E-state index in [1.807, 2.05) is 6.92 Å². The van der Waals surface area contributed by atoms with Crippen LogP contribution in [0.5, 0.6) is 0 Å². The van der Waals surface area contributed by atoms with E-state index in [0.29, 0.717) is 0 Å². The van der Waals surface area contributed by atoms with Gasteiger partial charge in [0.25, 0.3) is 14.9 Å². The van der Waals surface area contributed by atoms with Crippen LogP contribution in [0.2, 0.25) is 0 Å². The summed E-state index contributed by atoms with van der Waals surface area (Å²) in [6.07, 6.45) is 0. The predicted molar refractivity (Wildman–Crippen MR) is 73.8 cm³/mol. The van der Waals surface area contributed by atoms with Crippen LogP contribution in [0.15, 0.2) is 33.9 Å². The third-order valence-electron chi connectivity index (χ3n) is 2.42. The molecule has 0 bridgehead atoms. The van der Waals surface area contributed by atoms with Gasteiger partial charge in [0.05, 0.1) is 4.90 Å². The number of nitrogens with zero attached hydrogens (tertiary/aromatic N) is 4. The van der Waals surface area contributed by atoms with Crippen molar-refractivity contribution in [1.29, 1.82) is 0 Å². The van der Waals surface area contributed by atoms with Crippen molar-refractivity contribution in [2.24, 2.45) is 0 Å². The SMILES string of the molecule is Cc1ccc(S(=O)(=O)OCn2nc([N+](=O)[O-])nc2Br)cc1. The fourth-order valence-electron chi connectivity index (χ4n) is 1.36. The number of benzene rings is 1. The van der Waals surface area contributed by atoms with Crippen molar-refractivity contribution in [2.75, 3.05) is 0 Å². The fraction of sp³-hybridized carbons (Fsp3) is 0.200. The molecule has 2 aromatic rings. The summed E-state index contributed by atoms with van der Waals surface area (Å²) in [4.78, 5) is 13.2. The average Bonchev–Trinajstić information content (AvgIpc) is 2.79. The molecule has 0 saturated heterocycles. The number of hydrogen-bond donors (Lipinski definition) is 0. The molecule has 9 nitrogen and oxygen atoms in total. The van der Waals surface area contributed by atoms with Crippen LogP contribution in [0.25, 0.3) is 0 Å². The molecule has 0 unspecified atom stereocenters. The molecule has 0 aliphatic carbocycles. The third-order valence-corrected chi connectivity index (χ3v) is 4.27. The molecule has 1 aromatic carbocycles. The van der Waals surface area contributed by atoms with Crippen LogP contribution < -0.4 is 0 Å². The molecule has 21 heavy (non-hydrogen) atoms. The summed E-state index contributed by atoms with van der Waals surface area (Å²) in [7, 11) is -3.98. The summed E-state index contributed by atoms with van der Waals surface area (Å²) in [6, 6.07) is 6.08. The molecular formula is C10H9BrN4O5S. The fourth-order valence-corrected chi connectivity index (χ4v) is 2.55. The van der Waals surface area contributed by atoms with Crippen LogP contribution in [0.1, 0.15) is 5.56 Å². The molecule has 0 amide bonds. The Bertz CT molecular complexity index is 771. The zero-order chi connectivity index (χ0) is 15.6. The number of rotatable bonds is 5. The van der Waals surface area contributed by atoms with E-state index >= 15 is 0 Å². The minimum Gasteiger partial charge on any atom is -0.390 e. The molecule has 1 heterocycles. The van der Waals surface area contributed by atoms with Crippen LogP contribution in [-0.4, -0.2) is 28.1 Å². The van der Waals surface area contributed by atoms with Gasteiger partial charge in [0.2, 0.25) is 0 Å². The van der Waals surface area contributed by atoms with Gasteiger partial charge >= 0.3 is 5.95 Å². The van der Waals surface area contributed by atoms with Gasteiger partial charge in [-0.15, -0.1) is 4.68 Å². The molecule has 0 spiro atoms. The van der Waals surface area contributed by atoms with Crippen molar-refractivity contribution in [3.63, 3.8) is 0 Å². The van der Waals surface area contributed by atoms with Crippen LogP contribution in [0.3, 0.4) is 0 Å². The number of aromatic nitrogens is 3. The standard InChI is InChI=1S/C10H9BrN4O5S/c1-7-2-4-8(5-3-7)21(18,19)20-6-14-9(11)12-10(13-14)15(16)17/h2-5H,6H2,1H3. The van der Waals surface area contributed by atoms with Gasteiger partial charge < -0.3 is 10.1 Å². The summed E-state index contributed by atoms with van der Waals surface area (Å²) in [5, 5.41) is 14.0. The molecule has 11 heteroatoms. The average molecular weight is 377 g/mol. The van der Waals surface area contributed by atoms with Gasteiger partial charge in [-0.1, -0.05) is 17.7 Å². The second-order valence-corrected chi connectivity index (χ2v) is 6.28. The molecule has 0 saturated carbocycles. The van der Waals surface area contributed by atoms with Gasteiger partial charge in [-0.2, -0.15) is 8.42 Å². The first-order chi connectivity index (χ1) is 9.79. The first-order valence-corrected chi connectivity index (χ1v) is 7.70. The number of hydrogen-bond acceptors (Lipinski definition) is 7. The van der Waals surface area contributed by atoms with Crippen LogP contribution in [0.4, 0.5) is 5.95 Å². The van der Waals surface area contributed by atoms with Crippen molar-refractivity contribution >= 4 is 32.0 Å². The molecule has 1 aromatic heterocycles. The molecule has 2 rings (SSSR count). The van der Waals surface area contributed by atoms with E-state index in [4.69, 9.17) is 4.18 Å². The molecule has 0 aliphatic heterocycles. The Kier molecular flexibility index (Phi) is 4.34. The molecule has 0 N–H and O–H groups in total. The Hall–Kier alpha value is -1.85. The lowest BCUT2D eigenvalue weighted by molar-refractivity contribution is -0.394. The minimum absolute atomic E-state index is 0.00620. The zero-order valence-electron chi connectivity index (χ0n) is 10.6. The van der Waals surface area contributed by atoms with Crippen molar-refractivity contribution in [2.45, 2.75) is 18.6 Å². The lowest BCUT2D eigenvalue weighted by Crippen LogP contribution is -2.12. The van der Waals surface area contributed by atoms with Crippen LogP contribution in [-0.2, 0) is 21.0 Å². The van der Waals surface area contributed by atoms with Crippen molar-refractivity contribution in [3.05, 3.63) is 44.7 Å². The summed E-state index contributed by atoms with van der Waals surface area (Å²) in [6.45, 7) is 1.29. The monoisotopic (exact) mass is 376 g/mol. The predicted octanol–water partition coefficient (Wildman–Crippen LogP) is 1.62. The van der Waals surface area contributed by atoms with E-state index in [2.05, 4.69) is 26.0 Å². The zero-order valence-corrected chi connectivity index (χ0v) is 13.0. The Morgan fingerprint density at radius 1 is 1.38 bits per heavy atom. The molecule has 112 valence electrons. The first kappa shape index (κ1) is 15.5.